The average Bonchev–Trinajstić information content (AvgIpc) is 3.48. The summed E-state index contributed by atoms with van der Waals surface area (Å²) in [6.45, 7) is 4.38. The van der Waals surface area contributed by atoms with Crippen LogP contribution in [0.5, 0.6) is 5.75 Å². The van der Waals surface area contributed by atoms with Crippen LogP contribution in [0.2, 0.25) is 0 Å². The maximum Gasteiger partial charge on any atom is 0.267 e. The minimum Gasteiger partial charge on any atom is -0.396 e. The van der Waals surface area contributed by atoms with Crippen molar-refractivity contribution in [1.29, 1.82) is 0 Å². The molecule has 2 aromatic heterocycles. The van der Waals surface area contributed by atoms with Crippen LogP contribution in [0.1, 0.15) is 36.8 Å². The Morgan fingerprint density at radius 3 is 2.88 bits per heavy atom. The molecular weight excluding hydrogens is 350 g/mol. The number of fused-ring (bicyclic) bond motifs is 1. The van der Waals surface area contributed by atoms with Gasteiger partial charge in [-0.25, -0.2) is 14.5 Å². The standard InChI is InChI=1S/C19H19N3O3S/c1-3-24-26-25-17-9-14(13-5-6-13)10-20-18(17)22-11-21-16-8-12(2)4-7-15(16)19(22)23/h4,7-11,13H,3,5-6H2,1-2H3. The lowest BCUT2D eigenvalue weighted by molar-refractivity contribution is 0.369. The van der Waals surface area contributed by atoms with Crippen molar-refractivity contribution >= 4 is 23.2 Å². The molecule has 7 heteroatoms. The molecule has 0 saturated heterocycles. The van der Waals surface area contributed by atoms with E-state index >= 15 is 0 Å². The molecule has 0 radical (unpaired) electrons. The zero-order valence-electron chi connectivity index (χ0n) is 14.6. The third kappa shape index (κ3) is 3.32. The highest BCUT2D eigenvalue weighted by molar-refractivity contribution is 7.90. The largest absolute Gasteiger partial charge is 0.396 e. The van der Waals surface area contributed by atoms with Crippen molar-refractivity contribution in [3.63, 3.8) is 0 Å². The van der Waals surface area contributed by atoms with Gasteiger partial charge in [-0.05, 0) is 61.9 Å². The Kier molecular flexibility index (Phi) is 4.65. The van der Waals surface area contributed by atoms with Crippen LogP contribution >= 0.6 is 12.3 Å². The fourth-order valence-corrected chi connectivity index (χ4v) is 3.17. The van der Waals surface area contributed by atoms with Crippen LogP contribution in [0.4, 0.5) is 0 Å². The molecule has 0 N–H and O–H groups in total. The molecule has 2 heterocycles. The number of benzene rings is 1. The van der Waals surface area contributed by atoms with Crippen molar-refractivity contribution in [2.75, 3.05) is 6.61 Å². The molecular formula is C19H19N3O3S. The monoisotopic (exact) mass is 369 g/mol. The van der Waals surface area contributed by atoms with E-state index < -0.39 is 0 Å². The van der Waals surface area contributed by atoms with Gasteiger partial charge >= 0.3 is 0 Å². The van der Waals surface area contributed by atoms with Gasteiger partial charge in [-0.1, -0.05) is 6.07 Å². The Hall–Kier alpha value is -2.38. The molecule has 6 nitrogen and oxygen atoms in total. The van der Waals surface area contributed by atoms with Gasteiger partial charge in [0.05, 0.1) is 17.5 Å². The number of aryl methyl sites for hydroxylation is 1. The molecule has 3 aromatic rings. The molecule has 4 rings (SSSR count). The molecule has 0 bridgehead atoms. The molecule has 1 fully saturated rings. The van der Waals surface area contributed by atoms with Gasteiger partial charge in [0.15, 0.2) is 11.6 Å². The van der Waals surface area contributed by atoms with E-state index in [1.54, 1.807) is 6.07 Å². The summed E-state index contributed by atoms with van der Waals surface area (Å²) in [5, 5.41) is 0.551. The number of aromatic nitrogens is 3. The van der Waals surface area contributed by atoms with Crippen molar-refractivity contribution in [1.82, 2.24) is 14.5 Å². The first kappa shape index (κ1) is 17.1. The maximum absolute atomic E-state index is 12.9. The first-order valence-electron chi connectivity index (χ1n) is 8.62. The van der Waals surface area contributed by atoms with E-state index in [1.165, 1.54) is 10.9 Å². The zero-order chi connectivity index (χ0) is 18.1. The smallest absolute Gasteiger partial charge is 0.267 e. The second-order valence-corrected chi connectivity index (χ2v) is 6.90. The maximum atomic E-state index is 12.9. The summed E-state index contributed by atoms with van der Waals surface area (Å²) in [4.78, 5) is 21.9. The summed E-state index contributed by atoms with van der Waals surface area (Å²) in [6.07, 6.45) is 5.64. The van der Waals surface area contributed by atoms with Crippen LogP contribution in [-0.2, 0) is 4.18 Å². The van der Waals surface area contributed by atoms with Gasteiger partial charge < -0.3 is 4.18 Å². The van der Waals surface area contributed by atoms with Crippen molar-refractivity contribution in [3.8, 4) is 11.6 Å². The Morgan fingerprint density at radius 1 is 1.27 bits per heavy atom. The third-order valence-electron chi connectivity index (χ3n) is 4.34. The van der Waals surface area contributed by atoms with Crippen molar-refractivity contribution in [2.24, 2.45) is 0 Å². The lowest BCUT2D eigenvalue weighted by Crippen LogP contribution is -2.20. The summed E-state index contributed by atoms with van der Waals surface area (Å²) < 4.78 is 12.3. The Morgan fingerprint density at radius 2 is 2.12 bits per heavy atom. The fraction of sp³-hybridized carbons (Fsp3) is 0.316. The summed E-state index contributed by atoms with van der Waals surface area (Å²) in [5.74, 6) is 1.45. The molecule has 0 atom stereocenters. The molecule has 1 saturated carbocycles. The van der Waals surface area contributed by atoms with Gasteiger partial charge in [0, 0.05) is 6.20 Å². The van der Waals surface area contributed by atoms with Crippen LogP contribution in [-0.4, -0.2) is 21.1 Å². The normalized spacial score (nSPS) is 13.9. The molecule has 0 amide bonds. The highest BCUT2D eigenvalue weighted by Gasteiger charge is 2.26. The quantitative estimate of drug-likeness (QED) is 0.484. The lowest BCUT2D eigenvalue weighted by Gasteiger charge is -2.12. The second-order valence-electron chi connectivity index (χ2n) is 6.36. The highest BCUT2D eigenvalue weighted by Crippen LogP contribution is 2.41. The Balaban J connectivity index is 1.80. The van der Waals surface area contributed by atoms with E-state index in [0.29, 0.717) is 35.0 Å². The van der Waals surface area contributed by atoms with Crippen LogP contribution in [0.25, 0.3) is 16.7 Å². The molecule has 0 unspecified atom stereocenters. The molecule has 0 spiro atoms. The molecule has 1 aliphatic carbocycles. The predicted octanol–water partition coefficient (Wildman–Crippen LogP) is 3.95. The fourth-order valence-electron chi connectivity index (χ4n) is 2.83. The predicted molar refractivity (Wildman–Crippen MR) is 102 cm³/mol. The van der Waals surface area contributed by atoms with Crippen LogP contribution in [0, 0.1) is 6.92 Å². The van der Waals surface area contributed by atoms with Gasteiger partial charge in [-0.2, -0.15) is 0 Å². The minimum atomic E-state index is -0.173. The number of nitrogens with zero attached hydrogens (tertiary/aromatic N) is 3. The first-order valence-corrected chi connectivity index (χ1v) is 9.28. The van der Waals surface area contributed by atoms with Crippen LogP contribution < -0.4 is 9.74 Å². The van der Waals surface area contributed by atoms with Crippen molar-refractivity contribution in [3.05, 3.63) is 58.3 Å². The summed E-state index contributed by atoms with van der Waals surface area (Å²) in [5.41, 5.74) is 2.68. The number of rotatable bonds is 6. The van der Waals surface area contributed by atoms with Crippen LogP contribution in [0.15, 0.2) is 41.6 Å². The number of hydrogen-bond acceptors (Lipinski definition) is 6. The topological polar surface area (TPSA) is 66.2 Å². The van der Waals surface area contributed by atoms with Gasteiger partial charge in [-0.15, -0.1) is 0 Å². The molecule has 26 heavy (non-hydrogen) atoms. The highest BCUT2D eigenvalue weighted by atomic mass is 32.2. The number of hydrogen-bond donors (Lipinski definition) is 0. The van der Waals surface area contributed by atoms with E-state index in [0.717, 1.165) is 36.3 Å². The molecule has 1 aromatic carbocycles. The molecule has 134 valence electrons. The van der Waals surface area contributed by atoms with E-state index in [2.05, 4.69) is 9.97 Å². The van der Waals surface area contributed by atoms with Crippen LogP contribution in [0.3, 0.4) is 0 Å². The van der Waals surface area contributed by atoms with Gasteiger partial charge in [0.25, 0.3) is 5.56 Å². The summed E-state index contributed by atoms with van der Waals surface area (Å²) in [7, 11) is 0. The average molecular weight is 369 g/mol. The van der Waals surface area contributed by atoms with E-state index in [9.17, 15) is 4.79 Å². The summed E-state index contributed by atoms with van der Waals surface area (Å²) in [6, 6.07) is 7.54. The zero-order valence-corrected chi connectivity index (χ0v) is 15.5. The SMILES string of the molecule is CCOSOc1cc(C2CC2)cnc1-n1cnc2cc(C)ccc2c1=O. The van der Waals surface area contributed by atoms with E-state index in [-0.39, 0.29) is 5.56 Å². The van der Waals surface area contributed by atoms with Gasteiger partial charge in [0.2, 0.25) is 12.3 Å². The Bertz CT molecular complexity index is 1010. The van der Waals surface area contributed by atoms with Crippen molar-refractivity contribution in [2.45, 2.75) is 32.6 Å². The summed E-state index contributed by atoms with van der Waals surface area (Å²) >= 11 is 0.892. The number of pyridine rings is 1. The van der Waals surface area contributed by atoms with Crippen molar-refractivity contribution < 1.29 is 8.37 Å². The van der Waals surface area contributed by atoms with E-state index in [4.69, 9.17) is 8.37 Å². The first-order chi connectivity index (χ1) is 12.7. The minimum absolute atomic E-state index is 0.173. The molecule has 0 aliphatic heterocycles. The third-order valence-corrected chi connectivity index (χ3v) is 4.92. The van der Waals surface area contributed by atoms with Gasteiger partial charge in [-0.3, -0.25) is 8.98 Å². The Labute approximate surface area is 155 Å². The van der Waals surface area contributed by atoms with Gasteiger partial charge in [0.1, 0.15) is 6.33 Å². The second kappa shape index (κ2) is 7.09. The van der Waals surface area contributed by atoms with E-state index in [1.807, 2.05) is 38.2 Å². The lowest BCUT2D eigenvalue weighted by atomic mass is 10.1. The molecule has 1 aliphatic rings.